The van der Waals surface area contributed by atoms with Crippen LogP contribution in [0.25, 0.3) is 0 Å². The number of aliphatic carboxylic acids is 1. The lowest BCUT2D eigenvalue weighted by Gasteiger charge is -2.42. The molecule has 1 aromatic rings. The molecular formula is C16H22FNO2. The molecule has 110 valence electrons. The maximum atomic E-state index is 13.8. The molecule has 0 amide bonds. The maximum Gasteiger partial charge on any atom is 0.324 e. The van der Waals surface area contributed by atoms with Crippen molar-refractivity contribution in [3.05, 3.63) is 35.6 Å². The Balaban J connectivity index is 2.25. The molecule has 1 aliphatic heterocycles. The monoisotopic (exact) mass is 279 g/mol. The van der Waals surface area contributed by atoms with Crippen LogP contribution in [0.2, 0.25) is 0 Å². The van der Waals surface area contributed by atoms with Gasteiger partial charge in [-0.25, -0.2) is 4.39 Å². The Bertz CT molecular complexity index is 491. The lowest BCUT2D eigenvalue weighted by molar-refractivity contribution is -0.151. The van der Waals surface area contributed by atoms with Crippen LogP contribution in [-0.2, 0) is 11.2 Å². The normalized spacial score (nSPS) is 23.2. The smallest absolute Gasteiger partial charge is 0.324 e. The molecule has 1 heterocycles. The molecule has 2 unspecified atom stereocenters. The Labute approximate surface area is 119 Å². The van der Waals surface area contributed by atoms with E-state index < -0.39 is 11.5 Å². The van der Waals surface area contributed by atoms with Gasteiger partial charge in [0.05, 0.1) is 0 Å². The highest BCUT2D eigenvalue weighted by Crippen LogP contribution is 2.28. The number of piperidine rings is 1. The number of rotatable bonds is 4. The van der Waals surface area contributed by atoms with Gasteiger partial charge in [0.2, 0.25) is 0 Å². The summed E-state index contributed by atoms with van der Waals surface area (Å²) >= 11 is 0. The first-order chi connectivity index (χ1) is 9.43. The third-order valence-electron chi connectivity index (χ3n) is 4.31. The van der Waals surface area contributed by atoms with E-state index in [1.165, 1.54) is 6.07 Å². The van der Waals surface area contributed by atoms with Crippen LogP contribution >= 0.6 is 0 Å². The zero-order valence-corrected chi connectivity index (χ0v) is 12.1. The van der Waals surface area contributed by atoms with E-state index in [0.29, 0.717) is 11.5 Å². The average Bonchev–Trinajstić information content (AvgIpc) is 2.41. The van der Waals surface area contributed by atoms with E-state index in [-0.39, 0.29) is 12.2 Å². The zero-order chi connectivity index (χ0) is 14.8. The number of carboxylic acid groups (broad SMARTS) is 1. The number of benzene rings is 1. The van der Waals surface area contributed by atoms with Gasteiger partial charge in [-0.2, -0.15) is 0 Å². The molecule has 3 nitrogen and oxygen atoms in total. The van der Waals surface area contributed by atoms with E-state index in [1.807, 2.05) is 4.90 Å². The average molecular weight is 279 g/mol. The number of hydrogen-bond donors (Lipinski definition) is 1. The van der Waals surface area contributed by atoms with E-state index in [1.54, 1.807) is 25.1 Å². The molecule has 4 heteroatoms. The third kappa shape index (κ3) is 3.01. The summed E-state index contributed by atoms with van der Waals surface area (Å²) in [6.07, 6.45) is 2.33. The molecule has 0 radical (unpaired) electrons. The van der Waals surface area contributed by atoms with Crippen molar-refractivity contribution in [2.75, 3.05) is 13.1 Å². The Morgan fingerprint density at radius 1 is 1.50 bits per heavy atom. The highest BCUT2D eigenvalue weighted by Gasteiger charge is 2.41. The summed E-state index contributed by atoms with van der Waals surface area (Å²) in [4.78, 5) is 13.8. The lowest BCUT2D eigenvalue weighted by atomic mass is 9.87. The second kappa shape index (κ2) is 5.92. The standard InChI is InChI=1S/C16H22FNO2/c1-12-6-5-9-18(11-12)16(2,15(19)20)10-13-7-3-4-8-14(13)17/h3-4,7-8,12H,5-6,9-11H2,1-2H3,(H,19,20). The van der Waals surface area contributed by atoms with E-state index in [9.17, 15) is 14.3 Å². The van der Waals surface area contributed by atoms with Crippen molar-refractivity contribution in [2.45, 2.75) is 38.6 Å². The van der Waals surface area contributed by atoms with E-state index in [2.05, 4.69) is 6.92 Å². The zero-order valence-electron chi connectivity index (χ0n) is 12.1. The first kappa shape index (κ1) is 15.0. The molecule has 2 rings (SSSR count). The molecule has 0 aliphatic carbocycles. The summed E-state index contributed by atoms with van der Waals surface area (Å²) in [6, 6.07) is 6.43. The van der Waals surface area contributed by atoms with Crippen LogP contribution in [-0.4, -0.2) is 34.6 Å². The van der Waals surface area contributed by atoms with Crippen molar-refractivity contribution >= 4 is 5.97 Å². The molecule has 2 atom stereocenters. The lowest BCUT2D eigenvalue weighted by Crippen LogP contribution is -2.57. The molecular weight excluding hydrogens is 257 g/mol. The molecule has 0 saturated carbocycles. The third-order valence-corrected chi connectivity index (χ3v) is 4.31. The van der Waals surface area contributed by atoms with Crippen molar-refractivity contribution in [3.8, 4) is 0 Å². The molecule has 0 aromatic heterocycles. The predicted octanol–water partition coefficient (Wildman–Crippen LogP) is 2.94. The van der Waals surface area contributed by atoms with Crippen LogP contribution in [0, 0.1) is 11.7 Å². The van der Waals surface area contributed by atoms with Crippen LogP contribution in [0.1, 0.15) is 32.3 Å². The predicted molar refractivity (Wildman–Crippen MR) is 76.1 cm³/mol. The first-order valence-corrected chi connectivity index (χ1v) is 7.15. The van der Waals surface area contributed by atoms with Crippen molar-refractivity contribution in [1.29, 1.82) is 0 Å². The largest absolute Gasteiger partial charge is 0.480 e. The number of likely N-dealkylation sites (tertiary alicyclic amines) is 1. The molecule has 1 N–H and O–H groups in total. The Hall–Kier alpha value is -1.42. The number of hydrogen-bond acceptors (Lipinski definition) is 2. The van der Waals surface area contributed by atoms with Crippen LogP contribution in [0.3, 0.4) is 0 Å². The van der Waals surface area contributed by atoms with Gasteiger partial charge in [0.1, 0.15) is 11.4 Å². The van der Waals surface area contributed by atoms with Gasteiger partial charge in [-0.05, 0) is 43.9 Å². The molecule has 0 bridgehead atoms. The summed E-state index contributed by atoms with van der Waals surface area (Å²) in [5, 5.41) is 9.66. The molecule has 1 fully saturated rings. The minimum Gasteiger partial charge on any atom is -0.480 e. The number of carbonyl (C=O) groups is 1. The molecule has 1 aliphatic rings. The van der Waals surface area contributed by atoms with Gasteiger partial charge in [-0.3, -0.25) is 9.69 Å². The Morgan fingerprint density at radius 3 is 2.80 bits per heavy atom. The Morgan fingerprint density at radius 2 is 2.20 bits per heavy atom. The van der Waals surface area contributed by atoms with Crippen LogP contribution in [0.15, 0.2) is 24.3 Å². The minimum atomic E-state index is -1.04. The summed E-state index contributed by atoms with van der Waals surface area (Å²) in [7, 11) is 0. The fourth-order valence-electron chi connectivity index (χ4n) is 2.97. The summed E-state index contributed by atoms with van der Waals surface area (Å²) < 4.78 is 13.8. The van der Waals surface area contributed by atoms with E-state index in [0.717, 1.165) is 25.9 Å². The summed E-state index contributed by atoms with van der Waals surface area (Å²) in [5.41, 5.74) is -0.577. The van der Waals surface area contributed by atoms with Gasteiger partial charge < -0.3 is 5.11 Å². The molecule has 20 heavy (non-hydrogen) atoms. The molecule has 0 spiro atoms. The van der Waals surface area contributed by atoms with Crippen LogP contribution < -0.4 is 0 Å². The van der Waals surface area contributed by atoms with Gasteiger partial charge in [0.25, 0.3) is 0 Å². The first-order valence-electron chi connectivity index (χ1n) is 7.15. The second-order valence-electron chi connectivity index (χ2n) is 6.04. The second-order valence-corrected chi connectivity index (χ2v) is 6.04. The topological polar surface area (TPSA) is 40.5 Å². The Kier molecular flexibility index (Phi) is 4.43. The SMILES string of the molecule is CC1CCCN(C(C)(Cc2ccccc2F)C(=O)O)C1. The molecule has 1 saturated heterocycles. The van der Waals surface area contributed by atoms with Gasteiger partial charge in [0.15, 0.2) is 0 Å². The highest BCUT2D eigenvalue weighted by molar-refractivity contribution is 5.78. The van der Waals surface area contributed by atoms with Gasteiger partial charge in [-0.1, -0.05) is 25.1 Å². The van der Waals surface area contributed by atoms with Crippen LogP contribution in [0.5, 0.6) is 0 Å². The van der Waals surface area contributed by atoms with Crippen molar-refractivity contribution in [3.63, 3.8) is 0 Å². The number of halogens is 1. The quantitative estimate of drug-likeness (QED) is 0.921. The fraction of sp³-hybridized carbons (Fsp3) is 0.562. The fourth-order valence-corrected chi connectivity index (χ4v) is 2.97. The van der Waals surface area contributed by atoms with E-state index >= 15 is 0 Å². The summed E-state index contributed by atoms with van der Waals surface area (Å²) in [6.45, 7) is 5.37. The highest BCUT2D eigenvalue weighted by atomic mass is 19.1. The van der Waals surface area contributed by atoms with Crippen LogP contribution in [0.4, 0.5) is 4.39 Å². The summed E-state index contributed by atoms with van der Waals surface area (Å²) in [5.74, 6) is -0.720. The van der Waals surface area contributed by atoms with Crippen molar-refractivity contribution in [1.82, 2.24) is 4.90 Å². The number of carboxylic acids is 1. The number of nitrogens with zero attached hydrogens (tertiary/aromatic N) is 1. The van der Waals surface area contributed by atoms with Gasteiger partial charge in [-0.15, -0.1) is 0 Å². The van der Waals surface area contributed by atoms with Crippen molar-refractivity contribution < 1.29 is 14.3 Å². The molecule has 1 aromatic carbocycles. The van der Waals surface area contributed by atoms with Gasteiger partial charge >= 0.3 is 5.97 Å². The minimum absolute atomic E-state index is 0.196. The van der Waals surface area contributed by atoms with Gasteiger partial charge in [0, 0.05) is 13.0 Å². The van der Waals surface area contributed by atoms with Crippen molar-refractivity contribution in [2.24, 2.45) is 5.92 Å². The maximum absolute atomic E-state index is 13.8. The van der Waals surface area contributed by atoms with E-state index in [4.69, 9.17) is 0 Å².